The fourth-order valence-corrected chi connectivity index (χ4v) is 1.60. The summed E-state index contributed by atoms with van der Waals surface area (Å²) >= 11 is 0. The highest BCUT2D eigenvalue weighted by atomic mass is 16.5. The molecule has 0 saturated heterocycles. The van der Waals surface area contributed by atoms with Crippen LogP contribution in [0.25, 0.3) is 0 Å². The molecule has 0 bridgehead atoms. The lowest BCUT2D eigenvalue weighted by molar-refractivity contribution is 0.0521. The standard InChI is InChI=1S/C14H15NO4/c1-2-17-14(16)12-6-7-18-13(12)9-19-11-5-3-4-10(15)8-11/h3-8H,2,9,15H2,1H3. The van der Waals surface area contributed by atoms with Crippen LogP contribution < -0.4 is 10.5 Å². The number of carbonyl (C=O) groups is 1. The molecule has 0 spiro atoms. The van der Waals surface area contributed by atoms with Gasteiger partial charge in [0, 0.05) is 11.8 Å². The average molecular weight is 261 g/mol. The van der Waals surface area contributed by atoms with Gasteiger partial charge in [-0.3, -0.25) is 0 Å². The van der Waals surface area contributed by atoms with Gasteiger partial charge >= 0.3 is 5.97 Å². The van der Waals surface area contributed by atoms with Crippen LogP contribution in [-0.4, -0.2) is 12.6 Å². The maximum absolute atomic E-state index is 11.6. The summed E-state index contributed by atoms with van der Waals surface area (Å²) < 4.78 is 15.7. The Labute approximate surface area is 110 Å². The Morgan fingerprint density at radius 1 is 1.37 bits per heavy atom. The predicted molar refractivity (Wildman–Crippen MR) is 69.9 cm³/mol. The van der Waals surface area contributed by atoms with Crippen LogP contribution in [0.1, 0.15) is 23.0 Å². The number of nitrogen functional groups attached to an aromatic ring is 1. The van der Waals surface area contributed by atoms with E-state index in [9.17, 15) is 4.79 Å². The molecule has 5 nitrogen and oxygen atoms in total. The highest BCUT2D eigenvalue weighted by Crippen LogP contribution is 2.18. The Hall–Kier alpha value is -2.43. The first-order valence-electron chi connectivity index (χ1n) is 5.92. The zero-order valence-electron chi connectivity index (χ0n) is 10.6. The topological polar surface area (TPSA) is 74.7 Å². The van der Waals surface area contributed by atoms with Crippen LogP contribution in [0.3, 0.4) is 0 Å². The number of esters is 1. The van der Waals surface area contributed by atoms with Gasteiger partial charge in [0.25, 0.3) is 0 Å². The van der Waals surface area contributed by atoms with E-state index < -0.39 is 5.97 Å². The van der Waals surface area contributed by atoms with Gasteiger partial charge < -0.3 is 19.6 Å². The fourth-order valence-electron chi connectivity index (χ4n) is 1.60. The summed E-state index contributed by atoms with van der Waals surface area (Å²) in [6.07, 6.45) is 1.43. The first-order valence-corrected chi connectivity index (χ1v) is 5.92. The first-order chi connectivity index (χ1) is 9.20. The van der Waals surface area contributed by atoms with E-state index in [1.54, 1.807) is 37.3 Å². The van der Waals surface area contributed by atoms with E-state index in [4.69, 9.17) is 19.6 Å². The van der Waals surface area contributed by atoms with Gasteiger partial charge in [0.1, 0.15) is 17.9 Å². The second-order valence-corrected chi connectivity index (χ2v) is 3.84. The van der Waals surface area contributed by atoms with Gasteiger partial charge in [0.15, 0.2) is 5.76 Å². The van der Waals surface area contributed by atoms with Crippen LogP contribution in [0.5, 0.6) is 5.75 Å². The van der Waals surface area contributed by atoms with E-state index in [0.717, 1.165) is 0 Å². The molecule has 0 radical (unpaired) electrons. The van der Waals surface area contributed by atoms with E-state index in [1.807, 2.05) is 0 Å². The molecule has 0 aliphatic carbocycles. The zero-order valence-corrected chi connectivity index (χ0v) is 10.6. The number of nitrogens with two attached hydrogens (primary N) is 1. The summed E-state index contributed by atoms with van der Waals surface area (Å²) in [5.74, 6) is 0.634. The molecule has 2 rings (SSSR count). The number of hydrogen-bond donors (Lipinski definition) is 1. The Kier molecular flexibility index (Phi) is 4.07. The SMILES string of the molecule is CCOC(=O)c1ccoc1COc1cccc(N)c1. The number of anilines is 1. The highest BCUT2D eigenvalue weighted by molar-refractivity contribution is 5.90. The van der Waals surface area contributed by atoms with Crippen molar-refractivity contribution in [3.63, 3.8) is 0 Å². The third-order valence-corrected chi connectivity index (χ3v) is 2.47. The molecule has 0 aliphatic rings. The van der Waals surface area contributed by atoms with Crippen molar-refractivity contribution in [2.24, 2.45) is 0 Å². The van der Waals surface area contributed by atoms with Gasteiger partial charge in [-0.2, -0.15) is 0 Å². The molecule has 5 heteroatoms. The van der Waals surface area contributed by atoms with Crippen LogP contribution in [0.15, 0.2) is 41.0 Å². The highest BCUT2D eigenvalue weighted by Gasteiger charge is 2.16. The lowest BCUT2D eigenvalue weighted by Gasteiger charge is -2.06. The summed E-state index contributed by atoms with van der Waals surface area (Å²) in [5, 5.41) is 0. The second-order valence-electron chi connectivity index (χ2n) is 3.84. The molecule has 0 atom stereocenters. The fraction of sp³-hybridized carbons (Fsp3) is 0.214. The van der Waals surface area contributed by atoms with Gasteiger partial charge in [0.05, 0.1) is 12.9 Å². The molecule has 0 amide bonds. The summed E-state index contributed by atoms with van der Waals surface area (Å²) in [4.78, 5) is 11.6. The maximum Gasteiger partial charge on any atom is 0.341 e. The Bertz CT molecular complexity index is 562. The predicted octanol–water partition coefficient (Wildman–Crippen LogP) is 2.62. The normalized spacial score (nSPS) is 10.2. The summed E-state index contributed by atoms with van der Waals surface area (Å²) in [6, 6.07) is 8.61. The molecule has 0 fully saturated rings. The maximum atomic E-state index is 11.6. The van der Waals surface area contributed by atoms with Crippen LogP contribution in [0.4, 0.5) is 5.69 Å². The van der Waals surface area contributed by atoms with Crippen molar-refractivity contribution in [2.75, 3.05) is 12.3 Å². The van der Waals surface area contributed by atoms with Gasteiger partial charge in [-0.05, 0) is 25.1 Å². The number of furan rings is 1. The van der Waals surface area contributed by atoms with E-state index in [2.05, 4.69) is 0 Å². The van der Waals surface area contributed by atoms with Crippen molar-refractivity contribution in [1.29, 1.82) is 0 Å². The van der Waals surface area contributed by atoms with E-state index in [-0.39, 0.29) is 6.61 Å². The van der Waals surface area contributed by atoms with Gasteiger partial charge in [-0.15, -0.1) is 0 Å². The van der Waals surface area contributed by atoms with Crippen molar-refractivity contribution in [3.8, 4) is 5.75 Å². The third-order valence-electron chi connectivity index (χ3n) is 2.47. The molecule has 2 aromatic rings. The van der Waals surface area contributed by atoms with Crippen molar-refractivity contribution >= 4 is 11.7 Å². The van der Waals surface area contributed by atoms with Gasteiger partial charge in [-0.1, -0.05) is 6.07 Å². The van der Waals surface area contributed by atoms with Crippen molar-refractivity contribution < 1.29 is 18.7 Å². The Morgan fingerprint density at radius 3 is 2.95 bits per heavy atom. The minimum atomic E-state index is -0.414. The van der Waals surface area contributed by atoms with Crippen molar-refractivity contribution in [1.82, 2.24) is 0 Å². The summed E-state index contributed by atoms with van der Waals surface area (Å²) in [5.41, 5.74) is 6.64. The molecule has 0 saturated carbocycles. The van der Waals surface area contributed by atoms with Gasteiger partial charge in [0.2, 0.25) is 0 Å². The molecular formula is C14H15NO4. The summed E-state index contributed by atoms with van der Waals surface area (Å²) in [6.45, 7) is 2.21. The molecule has 2 N–H and O–H groups in total. The molecule has 19 heavy (non-hydrogen) atoms. The average Bonchev–Trinajstić information content (AvgIpc) is 2.85. The van der Waals surface area contributed by atoms with E-state index in [0.29, 0.717) is 29.4 Å². The van der Waals surface area contributed by atoms with Crippen LogP contribution in [0, 0.1) is 0 Å². The largest absolute Gasteiger partial charge is 0.486 e. The second kappa shape index (κ2) is 5.95. The lowest BCUT2D eigenvalue weighted by atomic mass is 10.2. The van der Waals surface area contributed by atoms with Crippen molar-refractivity contribution in [2.45, 2.75) is 13.5 Å². The molecule has 0 aliphatic heterocycles. The minimum absolute atomic E-state index is 0.143. The molecule has 100 valence electrons. The van der Waals surface area contributed by atoms with Crippen molar-refractivity contribution in [3.05, 3.63) is 47.9 Å². The monoisotopic (exact) mass is 261 g/mol. The zero-order chi connectivity index (χ0) is 13.7. The van der Waals surface area contributed by atoms with Gasteiger partial charge in [-0.25, -0.2) is 4.79 Å². The smallest absolute Gasteiger partial charge is 0.341 e. The Balaban J connectivity index is 2.04. The van der Waals surface area contributed by atoms with Crippen LogP contribution >= 0.6 is 0 Å². The van der Waals surface area contributed by atoms with Crippen LogP contribution in [0.2, 0.25) is 0 Å². The third kappa shape index (κ3) is 3.28. The number of rotatable bonds is 5. The number of benzene rings is 1. The summed E-state index contributed by atoms with van der Waals surface area (Å²) in [7, 11) is 0. The molecule has 1 aromatic carbocycles. The Morgan fingerprint density at radius 2 is 2.21 bits per heavy atom. The van der Waals surface area contributed by atoms with Crippen LogP contribution in [-0.2, 0) is 11.3 Å². The lowest BCUT2D eigenvalue weighted by Crippen LogP contribution is -2.07. The molecule has 1 heterocycles. The first kappa shape index (κ1) is 13.0. The quantitative estimate of drug-likeness (QED) is 0.661. The number of hydrogen-bond acceptors (Lipinski definition) is 5. The minimum Gasteiger partial charge on any atom is -0.486 e. The number of carbonyl (C=O) groups excluding carboxylic acids is 1. The number of ether oxygens (including phenoxy) is 2. The van der Waals surface area contributed by atoms with E-state index in [1.165, 1.54) is 6.26 Å². The molecule has 1 aromatic heterocycles. The molecular weight excluding hydrogens is 246 g/mol. The van der Waals surface area contributed by atoms with E-state index >= 15 is 0 Å². The molecule has 0 unspecified atom stereocenters.